The van der Waals surface area contributed by atoms with Gasteiger partial charge in [-0.15, -0.1) is 0 Å². The van der Waals surface area contributed by atoms with E-state index in [-0.39, 0.29) is 12.0 Å². The lowest BCUT2D eigenvalue weighted by atomic mass is 10.1. The van der Waals surface area contributed by atoms with Gasteiger partial charge >= 0.3 is 0 Å². The van der Waals surface area contributed by atoms with E-state index >= 15 is 0 Å². The van der Waals surface area contributed by atoms with E-state index in [1.54, 1.807) is 4.90 Å². The molecule has 1 aromatic heterocycles. The fourth-order valence-corrected chi connectivity index (χ4v) is 2.72. The van der Waals surface area contributed by atoms with E-state index < -0.39 is 0 Å². The number of amides is 1. The van der Waals surface area contributed by atoms with Gasteiger partial charge in [-0.3, -0.25) is 9.48 Å². The third-order valence-corrected chi connectivity index (χ3v) is 4.18. The minimum Gasteiger partial charge on any atom is -0.378 e. The average molecular weight is 279 g/mol. The lowest BCUT2D eigenvalue weighted by molar-refractivity contribution is -0.131. The van der Waals surface area contributed by atoms with Crippen molar-refractivity contribution in [3.63, 3.8) is 0 Å². The molecule has 0 saturated carbocycles. The number of carbonyl (C=O) groups excluding carboxylic acids is 1. The monoisotopic (exact) mass is 279 g/mol. The topological polar surface area (TPSA) is 47.4 Å². The third-order valence-electron chi connectivity index (χ3n) is 4.18. The summed E-state index contributed by atoms with van der Waals surface area (Å²) in [6, 6.07) is 0. The molecule has 1 aromatic rings. The van der Waals surface area contributed by atoms with Crippen molar-refractivity contribution < 1.29 is 9.53 Å². The summed E-state index contributed by atoms with van der Waals surface area (Å²) in [6.45, 7) is 5.52. The summed E-state index contributed by atoms with van der Waals surface area (Å²) in [5.41, 5.74) is 3.28. The fourth-order valence-electron chi connectivity index (χ4n) is 2.72. The Balaban J connectivity index is 1.86. The maximum Gasteiger partial charge on any atom is 0.222 e. The number of aromatic nitrogens is 2. The molecule has 5 heteroatoms. The van der Waals surface area contributed by atoms with Crippen LogP contribution < -0.4 is 0 Å². The molecule has 1 aliphatic heterocycles. The molecule has 0 radical (unpaired) electrons. The molecule has 2 rings (SSSR count). The number of ether oxygens (including phenoxy) is 1. The Bertz CT molecular complexity index is 476. The maximum absolute atomic E-state index is 12.2. The van der Waals surface area contributed by atoms with Crippen LogP contribution in [0.25, 0.3) is 0 Å². The zero-order chi connectivity index (χ0) is 14.7. The second kappa shape index (κ2) is 6.39. The lowest BCUT2D eigenvalue weighted by Gasteiger charge is -2.18. The molecule has 0 unspecified atom stereocenters. The van der Waals surface area contributed by atoms with Crippen LogP contribution in [0.3, 0.4) is 0 Å². The summed E-state index contributed by atoms with van der Waals surface area (Å²) in [4.78, 5) is 14.0. The zero-order valence-corrected chi connectivity index (χ0v) is 13.0. The Kier molecular flexibility index (Phi) is 4.81. The van der Waals surface area contributed by atoms with Gasteiger partial charge in [-0.2, -0.15) is 5.10 Å². The molecule has 1 atom stereocenters. The normalized spacial score (nSPS) is 18.5. The molecule has 1 amide bonds. The first-order chi connectivity index (χ1) is 9.49. The van der Waals surface area contributed by atoms with E-state index in [1.807, 2.05) is 32.6 Å². The molecule has 112 valence electrons. The van der Waals surface area contributed by atoms with Crippen molar-refractivity contribution in [1.82, 2.24) is 14.7 Å². The Morgan fingerprint density at radius 3 is 2.80 bits per heavy atom. The molecule has 2 heterocycles. The van der Waals surface area contributed by atoms with Crippen molar-refractivity contribution in [3.05, 3.63) is 17.0 Å². The number of hydrogen-bond donors (Lipinski definition) is 0. The SMILES string of the molecule is Cc1nn(C)c(C)c1CN(C)C(=O)CC[C@@H]1CCCO1. The maximum atomic E-state index is 12.2. The molecule has 0 aliphatic carbocycles. The lowest BCUT2D eigenvalue weighted by Crippen LogP contribution is -2.27. The van der Waals surface area contributed by atoms with Gasteiger partial charge in [0, 0.05) is 44.9 Å². The van der Waals surface area contributed by atoms with E-state index in [0.717, 1.165) is 42.8 Å². The predicted molar refractivity (Wildman–Crippen MR) is 77.4 cm³/mol. The van der Waals surface area contributed by atoms with Crippen LogP contribution in [-0.4, -0.2) is 40.3 Å². The quantitative estimate of drug-likeness (QED) is 0.827. The van der Waals surface area contributed by atoms with Crippen LogP contribution in [0.5, 0.6) is 0 Å². The third kappa shape index (κ3) is 3.39. The van der Waals surface area contributed by atoms with Crippen LogP contribution in [0.4, 0.5) is 0 Å². The highest BCUT2D eigenvalue weighted by atomic mass is 16.5. The van der Waals surface area contributed by atoms with E-state index in [2.05, 4.69) is 5.10 Å². The van der Waals surface area contributed by atoms with Crippen molar-refractivity contribution in [2.45, 2.75) is 52.2 Å². The molecule has 0 bridgehead atoms. The van der Waals surface area contributed by atoms with Crippen molar-refractivity contribution in [2.24, 2.45) is 7.05 Å². The van der Waals surface area contributed by atoms with Crippen LogP contribution in [0, 0.1) is 13.8 Å². The first-order valence-corrected chi connectivity index (χ1v) is 7.33. The fraction of sp³-hybridized carbons (Fsp3) is 0.733. The first-order valence-electron chi connectivity index (χ1n) is 7.33. The summed E-state index contributed by atoms with van der Waals surface area (Å²) in [5, 5.41) is 4.39. The van der Waals surface area contributed by atoms with Gasteiger partial charge in [0.05, 0.1) is 11.8 Å². The highest BCUT2D eigenvalue weighted by Crippen LogP contribution is 2.18. The van der Waals surface area contributed by atoms with Crippen LogP contribution in [0.2, 0.25) is 0 Å². The number of nitrogens with zero attached hydrogens (tertiary/aromatic N) is 3. The zero-order valence-electron chi connectivity index (χ0n) is 13.0. The Hall–Kier alpha value is -1.36. The number of rotatable bonds is 5. The van der Waals surface area contributed by atoms with E-state index in [9.17, 15) is 4.79 Å². The largest absolute Gasteiger partial charge is 0.378 e. The van der Waals surface area contributed by atoms with E-state index in [4.69, 9.17) is 4.74 Å². The molecule has 20 heavy (non-hydrogen) atoms. The van der Waals surface area contributed by atoms with Crippen LogP contribution in [0.15, 0.2) is 0 Å². The van der Waals surface area contributed by atoms with Crippen molar-refractivity contribution in [1.29, 1.82) is 0 Å². The first kappa shape index (κ1) is 15.0. The van der Waals surface area contributed by atoms with Gasteiger partial charge in [0.2, 0.25) is 5.91 Å². The van der Waals surface area contributed by atoms with Crippen LogP contribution in [-0.2, 0) is 23.1 Å². The molecule has 1 saturated heterocycles. The molecule has 1 fully saturated rings. The van der Waals surface area contributed by atoms with Crippen LogP contribution in [0.1, 0.15) is 42.6 Å². The van der Waals surface area contributed by atoms with Crippen molar-refractivity contribution >= 4 is 5.91 Å². The van der Waals surface area contributed by atoms with Gasteiger partial charge in [-0.1, -0.05) is 0 Å². The molecular weight excluding hydrogens is 254 g/mol. The smallest absolute Gasteiger partial charge is 0.222 e. The number of aryl methyl sites for hydroxylation is 2. The molecular formula is C15H25N3O2. The number of hydrogen-bond acceptors (Lipinski definition) is 3. The van der Waals surface area contributed by atoms with Gasteiger partial charge in [-0.25, -0.2) is 0 Å². The Labute approximate surface area is 120 Å². The van der Waals surface area contributed by atoms with E-state index in [0.29, 0.717) is 13.0 Å². The minimum atomic E-state index is 0.183. The predicted octanol–water partition coefficient (Wildman–Crippen LogP) is 1.95. The highest BCUT2D eigenvalue weighted by Gasteiger charge is 2.19. The average Bonchev–Trinajstić information content (AvgIpc) is 3.00. The standard InChI is InChI=1S/C15H25N3O2/c1-11-14(12(2)18(4)16-11)10-17(3)15(19)8-7-13-6-5-9-20-13/h13H,5-10H2,1-4H3/t13-/m0/s1. The van der Waals surface area contributed by atoms with Gasteiger partial charge in [0.25, 0.3) is 0 Å². The second-order valence-corrected chi connectivity index (χ2v) is 5.70. The summed E-state index contributed by atoms with van der Waals surface area (Å²) < 4.78 is 7.43. The Morgan fingerprint density at radius 2 is 2.25 bits per heavy atom. The summed E-state index contributed by atoms with van der Waals surface area (Å²) >= 11 is 0. The Morgan fingerprint density at radius 1 is 1.50 bits per heavy atom. The molecule has 0 aromatic carbocycles. The van der Waals surface area contributed by atoms with Crippen LogP contribution >= 0.6 is 0 Å². The van der Waals surface area contributed by atoms with Gasteiger partial charge in [0.1, 0.15) is 0 Å². The summed E-state index contributed by atoms with van der Waals surface area (Å²) in [6.07, 6.45) is 3.92. The second-order valence-electron chi connectivity index (χ2n) is 5.70. The summed E-state index contributed by atoms with van der Waals surface area (Å²) in [7, 11) is 3.80. The molecule has 0 N–H and O–H groups in total. The van der Waals surface area contributed by atoms with Gasteiger partial charge in [0.15, 0.2) is 0 Å². The van der Waals surface area contributed by atoms with Gasteiger partial charge < -0.3 is 9.64 Å². The van der Waals surface area contributed by atoms with Crippen molar-refractivity contribution in [3.8, 4) is 0 Å². The molecule has 1 aliphatic rings. The highest BCUT2D eigenvalue weighted by molar-refractivity contribution is 5.75. The molecule has 5 nitrogen and oxygen atoms in total. The summed E-state index contributed by atoms with van der Waals surface area (Å²) in [5.74, 6) is 0.183. The number of carbonyl (C=O) groups is 1. The minimum absolute atomic E-state index is 0.183. The van der Waals surface area contributed by atoms with Crippen molar-refractivity contribution in [2.75, 3.05) is 13.7 Å². The molecule has 0 spiro atoms. The van der Waals surface area contributed by atoms with E-state index in [1.165, 1.54) is 0 Å². The van der Waals surface area contributed by atoms with Gasteiger partial charge in [-0.05, 0) is 33.1 Å².